The highest BCUT2D eigenvalue weighted by Crippen LogP contribution is 2.17. The van der Waals surface area contributed by atoms with Crippen LogP contribution in [-0.2, 0) is 16.0 Å². The fourth-order valence-electron chi connectivity index (χ4n) is 2.82. The molecule has 1 aromatic rings. The SMILES string of the molecule is O=C(Cc1ccccc1C(=O)O)NCC(=O)NC1CCCCC1. The predicted molar refractivity (Wildman–Crippen MR) is 85.1 cm³/mol. The summed E-state index contributed by atoms with van der Waals surface area (Å²) in [4.78, 5) is 34.8. The minimum Gasteiger partial charge on any atom is -0.478 e. The maximum absolute atomic E-state index is 11.9. The number of amides is 2. The van der Waals surface area contributed by atoms with Gasteiger partial charge in [-0.05, 0) is 24.5 Å². The van der Waals surface area contributed by atoms with Gasteiger partial charge in [-0.1, -0.05) is 37.5 Å². The molecular formula is C17H22N2O4. The van der Waals surface area contributed by atoms with E-state index in [1.54, 1.807) is 18.2 Å². The van der Waals surface area contributed by atoms with E-state index in [1.165, 1.54) is 12.5 Å². The topological polar surface area (TPSA) is 95.5 Å². The van der Waals surface area contributed by atoms with Crippen LogP contribution in [0.1, 0.15) is 48.0 Å². The molecule has 3 N–H and O–H groups in total. The third-order valence-corrected chi connectivity index (χ3v) is 4.02. The normalized spacial score (nSPS) is 15.0. The number of hydrogen-bond donors (Lipinski definition) is 3. The van der Waals surface area contributed by atoms with Gasteiger partial charge in [-0.3, -0.25) is 9.59 Å². The van der Waals surface area contributed by atoms with E-state index in [2.05, 4.69) is 10.6 Å². The monoisotopic (exact) mass is 318 g/mol. The average Bonchev–Trinajstić information content (AvgIpc) is 2.54. The van der Waals surface area contributed by atoms with E-state index in [-0.39, 0.29) is 36.4 Å². The fraction of sp³-hybridized carbons (Fsp3) is 0.471. The van der Waals surface area contributed by atoms with Gasteiger partial charge in [-0.15, -0.1) is 0 Å². The lowest BCUT2D eigenvalue weighted by Crippen LogP contribution is -2.43. The molecule has 2 amide bonds. The standard InChI is InChI=1S/C17H22N2O4/c20-15(10-12-6-4-5-9-14(12)17(22)23)18-11-16(21)19-13-7-2-1-3-8-13/h4-6,9,13H,1-3,7-8,10-11H2,(H,18,20)(H,19,21)(H,22,23). The van der Waals surface area contributed by atoms with Gasteiger partial charge in [-0.25, -0.2) is 4.79 Å². The molecule has 0 aliphatic heterocycles. The van der Waals surface area contributed by atoms with Crippen molar-refractivity contribution >= 4 is 17.8 Å². The van der Waals surface area contributed by atoms with Gasteiger partial charge < -0.3 is 15.7 Å². The maximum Gasteiger partial charge on any atom is 0.335 e. The van der Waals surface area contributed by atoms with Crippen LogP contribution >= 0.6 is 0 Å². The molecule has 0 radical (unpaired) electrons. The van der Waals surface area contributed by atoms with Gasteiger partial charge in [0.15, 0.2) is 0 Å². The zero-order valence-electron chi connectivity index (χ0n) is 13.0. The van der Waals surface area contributed by atoms with Crippen LogP contribution in [0.2, 0.25) is 0 Å². The van der Waals surface area contributed by atoms with Crippen LogP contribution in [0.25, 0.3) is 0 Å². The summed E-state index contributed by atoms with van der Waals surface area (Å²) in [6, 6.07) is 6.57. The molecule has 124 valence electrons. The van der Waals surface area contributed by atoms with E-state index in [1.807, 2.05) is 0 Å². The summed E-state index contributed by atoms with van der Waals surface area (Å²) in [6.07, 6.45) is 5.40. The number of aromatic carboxylic acids is 1. The van der Waals surface area contributed by atoms with Crippen LogP contribution < -0.4 is 10.6 Å². The highest BCUT2D eigenvalue weighted by atomic mass is 16.4. The maximum atomic E-state index is 11.9. The zero-order chi connectivity index (χ0) is 16.7. The second kappa shape index (κ2) is 8.31. The van der Waals surface area contributed by atoms with Crippen LogP contribution in [0.4, 0.5) is 0 Å². The molecule has 0 heterocycles. The van der Waals surface area contributed by atoms with E-state index in [0.29, 0.717) is 5.56 Å². The third kappa shape index (κ3) is 5.39. The van der Waals surface area contributed by atoms with Gasteiger partial charge in [0.2, 0.25) is 11.8 Å². The zero-order valence-corrected chi connectivity index (χ0v) is 13.0. The second-order valence-electron chi connectivity index (χ2n) is 5.82. The Labute approximate surface area is 135 Å². The lowest BCUT2D eigenvalue weighted by atomic mass is 9.95. The molecule has 1 fully saturated rings. The summed E-state index contributed by atoms with van der Waals surface area (Å²) in [7, 11) is 0. The van der Waals surface area contributed by atoms with Crippen molar-refractivity contribution in [3.8, 4) is 0 Å². The first-order valence-electron chi connectivity index (χ1n) is 7.93. The Bertz CT molecular complexity index is 580. The van der Waals surface area contributed by atoms with Crippen molar-refractivity contribution in [1.82, 2.24) is 10.6 Å². The van der Waals surface area contributed by atoms with Crippen LogP contribution in [0.15, 0.2) is 24.3 Å². The van der Waals surface area contributed by atoms with Gasteiger partial charge in [0.1, 0.15) is 0 Å². The van der Waals surface area contributed by atoms with Crippen molar-refractivity contribution < 1.29 is 19.5 Å². The number of carboxylic acids is 1. The molecule has 0 unspecified atom stereocenters. The number of rotatable bonds is 6. The predicted octanol–water partition coefficient (Wildman–Crippen LogP) is 1.49. The van der Waals surface area contributed by atoms with E-state index in [0.717, 1.165) is 25.7 Å². The molecule has 23 heavy (non-hydrogen) atoms. The van der Waals surface area contributed by atoms with Crippen molar-refractivity contribution in [2.75, 3.05) is 6.54 Å². The first-order chi connectivity index (χ1) is 11.1. The third-order valence-electron chi connectivity index (χ3n) is 4.02. The van der Waals surface area contributed by atoms with E-state index in [9.17, 15) is 14.4 Å². The molecule has 6 heteroatoms. The van der Waals surface area contributed by atoms with Gasteiger partial charge >= 0.3 is 5.97 Å². The molecule has 0 spiro atoms. The number of carbonyl (C=O) groups excluding carboxylic acids is 2. The van der Waals surface area contributed by atoms with Gasteiger partial charge in [-0.2, -0.15) is 0 Å². The largest absolute Gasteiger partial charge is 0.478 e. The molecule has 2 rings (SSSR count). The van der Waals surface area contributed by atoms with Crippen molar-refractivity contribution in [3.05, 3.63) is 35.4 Å². The van der Waals surface area contributed by atoms with Crippen molar-refractivity contribution in [1.29, 1.82) is 0 Å². The fourth-order valence-corrected chi connectivity index (χ4v) is 2.82. The molecule has 0 aromatic heterocycles. The average molecular weight is 318 g/mol. The molecule has 6 nitrogen and oxygen atoms in total. The van der Waals surface area contributed by atoms with Gasteiger partial charge in [0.25, 0.3) is 0 Å². The number of carboxylic acid groups (broad SMARTS) is 1. The summed E-state index contributed by atoms with van der Waals surface area (Å²) >= 11 is 0. The van der Waals surface area contributed by atoms with Crippen LogP contribution in [0.3, 0.4) is 0 Å². The number of hydrogen-bond acceptors (Lipinski definition) is 3. The van der Waals surface area contributed by atoms with Crippen LogP contribution in [0.5, 0.6) is 0 Å². The molecule has 1 aromatic carbocycles. The Hall–Kier alpha value is -2.37. The lowest BCUT2D eigenvalue weighted by molar-refractivity contribution is -0.126. The van der Waals surface area contributed by atoms with Crippen LogP contribution in [0, 0.1) is 0 Å². The molecule has 1 aliphatic carbocycles. The summed E-state index contributed by atoms with van der Waals surface area (Å²) in [5.41, 5.74) is 0.541. The molecule has 0 saturated heterocycles. The minimum absolute atomic E-state index is 0.0564. The summed E-state index contributed by atoms with van der Waals surface area (Å²) < 4.78 is 0. The first-order valence-corrected chi connectivity index (χ1v) is 7.93. The Kier molecular flexibility index (Phi) is 6.14. The van der Waals surface area contributed by atoms with Gasteiger partial charge in [0, 0.05) is 6.04 Å². The Morgan fingerprint density at radius 1 is 1.04 bits per heavy atom. The van der Waals surface area contributed by atoms with Crippen LogP contribution in [-0.4, -0.2) is 35.5 Å². The summed E-state index contributed by atoms with van der Waals surface area (Å²) in [5.74, 6) is -1.63. The molecule has 1 aliphatic rings. The summed E-state index contributed by atoms with van der Waals surface area (Å²) in [5, 5.41) is 14.5. The molecule has 0 bridgehead atoms. The van der Waals surface area contributed by atoms with E-state index in [4.69, 9.17) is 5.11 Å². The Morgan fingerprint density at radius 3 is 2.43 bits per heavy atom. The smallest absolute Gasteiger partial charge is 0.335 e. The lowest BCUT2D eigenvalue weighted by Gasteiger charge is -2.22. The second-order valence-corrected chi connectivity index (χ2v) is 5.82. The minimum atomic E-state index is -1.07. The first kappa shape index (κ1) is 17.0. The van der Waals surface area contributed by atoms with E-state index < -0.39 is 5.97 Å². The molecule has 1 saturated carbocycles. The number of nitrogens with one attached hydrogen (secondary N) is 2. The highest BCUT2D eigenvalue weighted by molar-refractivity contribution is 5.92. The van der Waals surface area contributed by atoms with Gasteiger partial charge in [0.05, 0.1) is 18.5 Å². The highest BCUT2D eigenvalue weighted by Gasteiger charge is 2.17. The van der Waals surface area contributed by atoms with Crippen molar-refractivity contribution in [3.63, 3.8) is 0 Å². The summed E-state index contributed by atoms with van der Waals surface area (Å²) in [6.45, 7) is -0.0788. The van der Waals surface area contributed by atoms with E-state index >= 15 is 0 Å². The Balaban J connectivity index is 1.78. The number of benzene rings is 1. The quantitative estimate of drug-likeness (QED) is 0.740. The van der Waals surface area contributed by atoms with Crippen molar-refractivity contribution in [2.24, 2.45) is 0 Å². The Morgan fingerprint density at radius 2 is 1.74 bits per heavy atom. The van der Waals surface area contributed by atoms with Crippen molar-refractivity contribution in [2.45, 2.75) is 44.6 Å². The number of carbonyl (C=O) groups is 3. The molecule has 0 atom stereocenters. The molecular weight excluding hydrogens is 296 g/mol.